The van der Waals surface area contributed by atoms with Crippen molar-refractivity contribution in [3.05, 3.63) is 53.9 Å². The zero-order valence-corrected chi connectivity index (χ0v) is 11.8. The first-order valence-corrected chi connectivity index (χ1v) is 6.95. The van der Waals surface area contributed by atoms with Gasteiger partial charge < -0.3 is 10.2 Å². The number of nitrogen functional groups attached to an aromatic ring is 1. The lowest BCUT2D eigenvalue weighted by Gasteiger charge is -2.08. The van der Waals surface area contributed by atoms with E-state index in [1.165, 1.54) is 18.4 Å². The average molecular weight is 271 g/mol. The number of hydrazine groups is 1. The highest BCUT2D eigenvalue weighted by atomic mass is 16.5. The number of aromatic nitrogens is 1. The molecule has 20 heavy (non-hydrogen) atoms. The highest BCUT2D eigenvalue weighted by molar-refractivity contribution is 5.41. The second kappa shape index (κ2) is 7.50. The van der Waals surface area contributed by atoms with Gasteiger partial charge in [-0.1, -0.05) is 25.5 Å². The maximum Gasteiger partial charge on any atom is 0.130 e. The Kier molecular flexibility index (Phi) is 5.38. The van der Waals surface area contributed by atoms with Gasteiger partial charge in [-0.3, -0.25) is 10.8 Å². The summed E-state index contributed by atoms with van der Waals surface area (Å²) in [5.41, 5.74) is 5.62. The van der Waals surface area contributed by atoms with Gasteiger partial charge in [0, 0.05) is 6.20 Å². The van der Waals surface area contributed by atoms with Gasteiger partial charge in [0.1, 0.15) is 12.4 Å². The van der Waals surface area contributed by atoms with Crippen LogP contribution in [-0.2, 0) is 13.0 Å². The molecule has 1 aromatic heterocycles. The number of benzene rings is 1. The maximum absolute atomic E-state index is 5.72. The third-order valence-corrected chi connectivity index (χ3v) is 3.11. The zero-order chi connectivity index (χ0) is 14.2. The van der Waals surface area contributed by atoms with Crippen LogP contribution >= 0.6 is 0 Å². The minimum Gasteiger partial charge on any atom is -0.487 e. The van der Waals surface area contributed by atoms with Crippen molar-refractivity contribution in [1.29, 1.82) is 0 Å². The van der Waals surface area contributed by atoms with Crippen LogP contribution in [0.25, 0.3) is 0 Å². The van der Waals surface area contributed by atoms with Gasteiger partial charge in [0.15, 0.2) is 0 Å². The predicted octanol–water partition coefficient (Wildman–Crippen LogP) is 3.29. The molecule has 0 saturated carbocycles. The Balaban J connectivity index is 1.89. The van der Waals surface area contributed by atoms with Crippen LogP contribution in [0.3, 0.4) is 0 Å². The highest BCUT2D eigenvalue weighted by Crippen LogP contribution is 2.16. The molecule has 106 valence electrons. The fourth-order valence-corrected chi connectivity index (χ4v) is 1.94. The molecule has 0 amide bonds. The van der Waals surface area contributed by atoms with Crippen LogP contribution in [0.5, 0.6) is 5.75 Å². The number of rotatable bonds is 7. The first-order valence-electron chi connectivity index (χ1n) is 6.95. The van der Waals surface area contributed by atoms with Gasteiger partial charge in [-0.25, -0.2) is 0 Å². The fraction of sp³-hybridized carbons (Fsp3) is 0.312. The number of anilines is 1. The minimum atomic E-state index is 0.434. The van der Waals surface area contributed by atoms with Gasteiger partial charge in [0.05, 0.1) is 11.4 Å². The van der Waals surface area contributed by atoms with Crippen molar-refractivity contribution in [2.75, 3.05) is 5.43 Å². The molecule has 0 radical (unpaired) electrons. The lowest BCUT2D eigenvalue weighted by molar-refractivity contribution is 0.301. The summed E-state index contributed by atoms with van der Waals surface area (Å²) in [4.78, 5) is 4.24. The van der Waals surface area contributed by atoms with Gasteiger partial charge >= 0.3 is 0 Å². The van der Waals surface area contributed by atoms with Crippen LogP contribution in [0.15, 0.2) is 42.6 Å². The number of nitrogens with two attached hydrogens (primary N) is 1. The number of pyridine rings is 1. The first kappa shape index (κ1) is 14.3. The lowest BCUT2D eigenvalue weighted by Crippen LogP contribution is -2.08. The van der Waals surface area contributed by atoms with Crippen molar-refractivity contribution in [3.63, 3.8) is 0 Å². The lowest BCUT2D eigenvalue weighted by atomic mass is 10.1. The van der Waals surface area contributed by atoms with E-state index in [2.05, 4.69) is 29.5 Å². The summed E-state index contributed by atoms with van der Waals surface area (Å²) >= 11 is 0. The number of nitrogens with zero attached hydrogens (tertiary/aromatic N) is 1. The third kappa shape index (κ3) is 4.24. The number of hydrogen-bond donors (Lipinski definition) is 2. The van der Waals surface area contributed by atoms with Gasteiger partial charge in [0.2, 0.25) is 0 Å². The molecule has 0 aliphatic heterocycles. The standard InChI is InChI=1S/C16H21N3O/c1-2-3-4-13-5-7-16(8-6-13)20-12-15-11-14(19-17)9-10-18-15/h5-11H,2-4,12,17H2,1H3,(H,18,19). The first-order chi connectivity index (χ1) is 9.81. The SMILES string of the molecule is CCCCc1ccc(OCc2cc(NN)ccn2)cc1. The molecule has 0 saturated heterocycles. The van der Waals surface area contributed by atoms with E-state index in [1.54, 1.807) is 6.20 Å². The predicted molar refractivity (Wildman–Crippen MR) is 81.4 cm³/mol. The topological polar surface area (TPSA) is 60.2 Å². The summed E-state index contributed by atoms with van der Waals surface area (Å²) in [6.45, 7) is 2.64. The number of unbranched alkanes of at least 4 members (excludes halogenated alkanes) is 1. The van der Waals surface area contributed by atoms with E-state index in [0.29, 0.717) is 6.61 Å². The third-order valence-electron chi connectivity index (χ3n) is 3.11. The Bertz CT molecular complexity index is 526. The second-order valence-corrected chi connectivity index (χ2v) is 4.72. The number of hydrogen-bond acceptors (Lipinski definition) is 4. The quantitative estimate of drug-likeness (QED) is 0.599. The normalized spacial score (nSPS) is 10.3. The maximum atomic E-state index is 5.72. The van der Waals surface area contributed by atoms with Crippen molar-refractivity contribution in [3.8, 4) is 5.75 Å². The van der Waals surface area contributed by atoms with Crippen LogP contribution in [-0.4, -0.2) is 4.98 Å². The van der Waals surface area contributed by atoms with Gasteiger partial charge in [-0.15, -0.1) is 0 Å². The summed E-state index contributed by atoms with van der Waals surface area (Å²) in [5.74, 6) is 6.22. The summed E-state index contributed by atoms with van der Waals surface area (Å²) in [7, 11) is 0. The Labute approximate surface area is 120 Å². The van der Waals surface area contributed by atoms with Crippen LogP contribution in [0.1, 0.15) is 31.0 Å². The van der Waals surface area contributed by atoms with Gasteiger partial charge in [-0.05, 0) is 42.7 Å². The average Bonchev–Trinajstić information content (AvgIpc) is 2.52. The van der Waals surface area contributed by atoms with Crippen molar-refractivity contribution in [2.24, 2.45) is 5.84 Å². The van der Waals surface area contributed by atoms with Crippen LogP contribution in [0.2, 0.25) is 0 Å². The fourth-order valence-electron chi connectivity index (χ4n) is 1.94. The smallest absolute Gasteiger partial charge is 0.130 e. The van der Waals surface area contributed by atoms with Crippen molar-refractivity contribution >= 4 is 5.69 Å². The number of aryl methyl sites for hydroxylation is 1. The van der Waals surface area contributed by atoms with Crippen molar-refractivity contribution in [1.82, 2.24) is 4.98 Å². The largest absolute Gasteiger partial charge is 0.487 e. The zero-order valence-electron chi connectivity index (χ0n) is 11.8. The van der Waals surface area contributed by atoms with Gasteiger partial charge in [-0.2, -0.15) is 0 Å². The number of nitrogens with one attached hydrogen (secondary N) is 1. The molecule has 0 aliphatic carbocycles. The molecule has 0 bridgehead atoms. The molecule has 4 nitrogen and oxygen atoms in total. The molecule has 0 aliphatic rings. The molecule has 4 heteroatoms. The molecule has 2 aromatic rings. The van der Waals surface area contributed by atoms with E-state index in [1.807, 2.05) is 24.3 Å². The monoisotopic (exact) mass is 271 g/mol. The second-order valence-electron chi connectivity index (χ2n) is 4.72. The van der Waals surface area contributed by atoms with E-state index in [9.17, 15) is 0 Å². The Morgan fingerprint density at radius 2 is 2.00 bits per heavy atom. The minimum absolute atomic E-state index is 0.434. The Morgan fingerprint density at radius 1 is 1.20 bits per heavy atom. The number of ether oxygens (including phenoxy) is 1. The van der Waals surface area contributed by atoms with E-state index in [4.69, 9.17) is 10.6 Å². The molecule has 0 atom stereocenters. The molecule has 2 rings (SSSR count). The van der Waals surface area contributed by atoms with E-state index in [-0.39, 0.29) is 0 Å². The molecule has 0 unspecified atom stereocenters. The molecule has 1 aromatic carbocycles. The molecule has 3 N–H and O–H groups in total. The molecule has 0 fully saturated rings. The van der Waals surface area contributed by atoms with Gasteiger partial charge in [0.25, 0.3) is 0 Å². The molecule has 1 heterocycles. The summed E-state index contributed by atoms with van der Waals surface area (Å²) in [6, 6.07) is 11.9. The summed E-state index contributed by atoms with van der Waals surface area (Å²) in [6.07, 6.45) is 5.28. The van der Waals surface area contributed by atoms with Crippen molar-refractivity contribution < 1.29 is 4.74 Å². The van der Waals surface area contributed by atoms with Crippen LogP contribution in [0, 0.1) is 0 Å². The Hall–Kier alpha value is -2.07. The van der Waals surface area contributed by atoms with Crippen LogP contribution < -0.4 is 16.0 Å². The van der Waals surface area contributed by atoms with E-state index < -0.39 is 0 Å². The molecular weight excluding hydrogens is 250 g/mol. The molecule has 0 spiro atoms. The highest BCUT2D eigenvalue weighted by Gasteiger charge is 1.99. The van der Waals surface area contributed by atoms with E-state index >= 15 is 0 Å². The van der Waals surface area contributed by atoms with E-state index in [0.717, 1.165) is 23.6 Å². The summed E-state index contributed by atoms with van der Waals surface area (Å²) < 4.78 is 5.72. The Morgan fingerprint density at radius 3 is 2.70 bits per heavy atom. The van der Waals surface area contributed by atoms with Crippen molar-refractivity contribution in [2.45, 2.75) is 32.8 Å². The van der Waals surface area contributed by atoms with Crippen LogP contribution in [0.4, 0.5) is 5.69 Å². The molecular formula is C16H21N3O. The summed E-state index contributed by atoms with van der Waals surface area (Å²) in [5, 5.41) is 0.